The summed E-state index contributed by atoms with van der Waals surface area (Å²) in [4.78, 5) is 17.5. The van der Waals surface area contributed by atoms with E-state index >= 15 is 0 Å². The molecule has 4 heterocycles. The third-order valence-electron chi connectivity index (χ3n) is 4.53. The molecular weight excluding hydrogens is 364 g/mol. The first-order valence-electron chi connectivity index (χ1n) is 9.10. The predicted molar refractivity (Wildman–Crippen MR) is 109 cm³/mol. The molecule has 0 aliphatic carbocycles. The van der Waals surface area contributed by atoms with Crippen molar-refractivity contribution in [1.29, 1.82) is 0 Å². The average Bonchev–Trinajstić information content (AvgIpc) is 3.28. The fourth-order valence-corrected chi connectivity index (χ4v) is 3.07. The lowest BCUT2D eigenvalue weighted by molar-refractivity contribution is 0.299. The van der Waals surface area contributed by atoms with E-state index in [2.05, 4.69) is 30.1 Å². The molecule has 5 aromatic rings. The molecular formula is C22H16N6O. The van der Waals surface area contributed by atoms with Crippen molar-refractivity contribution in [2.75, 3.05) is 0 Å². The van der Waals surface area contributed by atoms with Crippen LogP contribution in [0.3, 0.4) is 0 Å². The van der Waals surface area contributed by atoms with E-state index < -0.39 is 0 Å². The number of hydrogen-bond acceptors (Lipinski definition) is 6. The second-order valence-corrected chi connectivity index (χ2v) is 6.42. The monoisotopic (exact) mass is 380 g/mol. The summed E-state index contributed by atoms with van der Waals surface area (Å²) in [5.41, 5.74) is 4.46. The lowest BCUT2D eigenvalue weighted by atomic mass is 10.1. The molecule has 0 atom stereocenters. The normalized spacial score (nSPS) is 10.9. The number of para-hydroxylation sites is 1. The fourth-order valence-electron chi connectivity index (χ4n) is 3.07. The number of benzene rings is 1. The van der Waals surface area contributed by atoms with Gasteiger partial charge in [-0.1, -0.05) is 24.3 Å². The highest BCUT2D eigenvalue weighted by Crippen LogP contribution is 2.27. The largest absolute Gasteiger partial charge is 0.484 e. The maximum absolute atomic E-state index is 5.81. The fraction of sp³-hybridized carbons (Fsp3) is 0.0455. The first-order chi connectivity index (χ1) is 14.4. The molecule has 7 nitrogen and oxygen atoms in total. The standard InChI is InChI=1S/C22H16N6O/c1-2-4-20-16(3-1)5-6-17(27-20)14-29-18-11-24-22(25-12-18)21-19(13-26-28-21)15-7-9-23-10-8-15/h1-13H,14H2,(H,26,28). The molecule has 1 N–H and O–H groups in total. The summed E-state index contributed by atoms with van der Waals surface area (Å²) in [6.45, 7) is 0.347. The van der Waals surface area contributed by atoms with Gasteiger partial charge in [0.05, 0.1) is 29.8 Å². The molecule has 0 saturated carbocycles. The molecule has 140 valence electrons. The molecule has 29 heavy (non-hydrogen) atoms. The Labute approximate surface area is 166 Å². The van der Waals surface area contributed by atoms with E-state index in [1.807, 2.05) is 48.5 Å². The summed E-state index contributed by atoms with van der Waals surface area (Å²) >= 11 is 0. The smallest absolute Gasteiger partial charge is 0.178 e. The van der Waals surface area contributed by atoms with Gasteiger partial charge >= 0.3 is 0 Å². The minimum Gasteiger partial charge on any atom is -0.484 e. The molecule has 0 fully saturated rings. The molecule has 4 aromatic heterocycles. The van der Waals surface area contributed by atoms with Crippen LogP contribution < -0.4 is 4.74 Å². The van der Waals surface area contributed by atoms with E-state index in [1.54, 1.807) is 31.0 Å². The number of hydrogen-bond donors (Lipinski definition) is 1. The number of aromatic nitrogens is 6. The van der Waals surface area contributed by atoms with E-state index in [-0.39, 0.29) is 0 Å². The van der Waals surface area contributed by atoms with Crippen LogP contribution in [-0.2, 0) is 6.61 Å². The summed E-state index contributed by atoms with van der Waals surface area (Å²) in [5.74, 6) is 1.12. The van der Waals surface area contributed by atoms with Crippen LogP contribution in [0.5, 0.6) is 5.75 Å². The van der Waals surface area contributed by atoms with Gasteiger partial charge in [-0.05, 0) is 29.8 Å². The van der Waals surface area contributed by atoms with Crippen molar-refractivity contribution in [3.63, 3.8) is 0 Å². The quantitative estimate of drug-likeness (QED) is 0.495. The summed E-state index contributed by atoms with van der Waals surface area (Å²) in [5, 5.41) is 8.21. The minimum absolute atomic E-state index is 0.347. The zero-order valence-electron chi connectivity index (χ0n) is 15.4. The molecule has 0 bridgehead atoms. The van der Waals surface area contributed by atoms with Crippen LogP contribution in [0.4, 0.5) is 0 Å². The van der Waals surface area contributed by atoms with Crippen molar-refractivity contribution in [3.05, 3.63) is 85.2 Å². The van der Waals surface area contributed by atoms with Crippen molar-refractivity contribution in [2.24, 2.45) is 0 Å². The van der Waals surface area contributed by atoms with Gasteiger partial charge in [-0.25, -0.2) is 15.0 Å². The van der Waals surface area contributed by atoms with Crippen molar-refractivity contribution in [1.82, 2.24) is 30.1 Å². The molecule has 0 radical (unpaired) electrons. The van der Waals surface area contributed by atoms with Crippen molar-refractivity contribution in [3.8, 4) is 28.4 Å². The SMILES string of the molecule is c1ccc2nc(COc3cnc(-c4[nH]ncc4-c4ccncc4)nc3)ccc2c1. The first-order valence-corrected chi connectivity index (χ1v) is 9.10. The van der Waals surface area contributed by atoms with Gasteiger partial charge in [0.2, 0.25) is 0 Å². The predicted octanol–water partition coefficient (Wildman–Crippen LogP) is 4.06. The number of nitrogens with one attached hydrogen (secondary N) is 1. The van der Waals surface area contributed by atoms with Gasteiger partial charge < -0.3 is 4.74 Å². The van der Waals surface area contributed by atoms with Gasteiger partial charge in [-0.15, -0.1) is 0 Å². The van der Waals surface area contributed by atoms with Crippen LogP contribution in [0.15, 0.2) is 79.5 Å². The first kappa shape index (κ1) is 17.0. The zero-order chi connectivity index (χ0) is 19.5. The Morgan fingerprint density at radius 3 is 2.55 bits per heavy atom. The minimum atomic E-state index is 0.347. The Balaban J connectivity index is 1.32. The Morgan fingerprint density at radius 1 is 0.862 bits per heavy atom. The highest BCUT2D eigenvalue weighted by atomic mass is 16.5. The van der Waals surface area contributed by atoms with Gasteiger partial charge in [-0.2, -0.15) is 5.10 Å². The maximum atomic E-state index is 5.81. The third kappa shape index (κ3) is 3.53. The number of nitrogens with zero attached hydrogens (tertiary/aromatic N) is 5. The highest BCUT2D eigenvalue weighted by molar-refractivity contribution is 5.78. The molecule has 0 aliphatic rings. The number of aromatic amines is 1. The van der Waals surface area contributed by atoms with Crippen LogP contribution in [0.25, 0.3) is 33.5 Å². The van der Waals surface area contributed by atoms with E-state index in [0.717, 1.165) is 33.4 Å². The average molecular weight is 380 g/mol. The number of ether oxygens (including phenoxy) is 1. The van der Waals surface area contributed by atoms with Gasteiger partial charge in [0.1, 0.15) is 12.3 Å². The van der Waals surface area contributed by atoms with Crippen molar-refractivity contribution < 1.29 is 4.74 Å². The summed E-state index contributed by atoms with van der Waals surface area (Å²) < 4.78 is 5.81. The van der Waals surface area contributed by atoms with Crippen molar-refractivity contribution >= 4 is 10.9 Å². The van der Waals surface area contributed by atoms with Gasteiger partial charge in [-0.3, -0.25) is 10.1 Å². The Bertz CT molecular complexity index is 1250. The Kier molecular flexibility index (Phi) is 4.38. The van der Waals surface area contributed by atoms with Gasteiger partial charge in [0.15, 0.2) is 11.6 Å². The number of H-pyrrole nitrogens is 1. The number of rotatable bonds is 5. The van der Waals surface area contributed by atoms with E-state index in [4.69, 9.17) is 4.74 Å². The zero-order valence-corrected chi connectivity index (χ0v) is 15.4. The Morgan fingerprint density at radius 2 is 1.69 bits per heavy atom. The topological polar surface area (TPSA) is 89.5 Å². The van der Waals surface area contributed by atoms with E-state index in [1.165, 1.54) is 0 Å². The summed E-state index contributed by atoms with van der Waals surface area (Å²) in [7, 11) is 0. The molecule has 0 aliphatic heterocycles. The molecule has 5 rings (SSSR count). The van der Waals surface area contributed by atoms with Gasteiger partial charge in [0.25, 0.3) is 0 Å². The Hall–Kier alpha value is -4.13. The second-order valence-electron chi connectivity index (χ2n) is 6.42. The second kappa shape index (κ2) is 7.47. The van der Waals surface area contributed by atoms with E-state index in [9.17, 15) is 0 Å². The van der Waals surface area contributed by atoms with E-state index in [0.29, 0.717) is 18.2 Å². The maximum Gasteiger partial charge on any atom is 0.178 e. The third-order valence-corrected chi connectivity index (χ3v) is 4.53. The molecule has 0 amide bonds. The molecule has 0 saturated heterocycles. The molecule has 7 heteroatoms. The van der Waals surface area contributed by atoms with Crippen LogP contribution in [0, 0.1) is 0 Å². The highest BCUT2D eigenvalue weighted by Gasteiger charge is 2.12. The molecule has 1 aromatic carbocycles. The lowest BCUT2D eigenvalue weighted by Gasteiger charge is -2.07. The van der Waals surface area contributed by atoms with Crippen LogP contribution in [0.2, 0.25) is 0 Å². The van der Waals surface area contributed by atoms with Crippen LogP contribution >= 0.6 is 0 Å². The summed E-state index contributed by atoms with van der Waals surface area (Å²) in [6, 6.07) is 15.8. The molecule has 0 spiro atoms. The number of fused-ring (bicyclic) bond motifs is 1. The lowest BCUT2D eigenvalue weighted by Crippen LogP contribution is -2.00. The van der Waals surface area contributed by atoms with Gasteiger partial charge in [0, 0.05) is 23.3 Å². The number of pyridine rings is 2. The summed E-state index contributed by atoms with van der Waals surface area (Å²) in [6.07, 6.45) is 8.54. The van der Waals surface area contributed by atoms with Crippen LogP contribution in [0.1, 0.15) is 5.69 Å². The van der Waals surface area contributed by atoms with Crippen LogP contribution in [-0.4, -0.2) is 30.1 Å². The van der Waals surface area contributed by atoms with Crippen molar-refractivity contribution in [2.45, 2.75) is 6.61 Å². The molecule has 0 unspecified atom stereocenters.